The Bertz CT molecular complexity index is 399. The molecule has 0 unspecified atom stereocenters. The summed E-state index contributed by atoms with van der Waals surface area (Å²) < 4.78 is 21.5. The van der Waals surface area contributed by atoms with E-state index in [-0.39, 0.29) is 5.03 Å². The third-order valence-electron chi connectivity index (χ3n) is 1.42. The number of aromatic nitrogens is 1. The molecule has 0 aliphatic rings. The first-order chi connectivity index (χ1) is 5.41. The third-order valence-corrected chi connectivity index (χ3v) is 2.22. The highest BCUT2D eigenvalue weighted by atomic mass is 32.2. The molecule has 0 fully saturated rings. The molecule has 0 amide bonds. The van der Waals surface area contributed by atoms with Crippen LogP contribution in [0.3, 0.4) is 0 Å². The van der Waals surface area contributed by atoms with E-state index in [0.717, 1.165) is 0 Å². The van der Waals surface area contributed by atoms with Gasteiger partial charge >= 0.3 is 0 Å². The van der Waals surface area contributed by atoms with Crippen LogP contribution in [0.1, 0.15) is 5.56 Å². The maximum atomic E-state index is 10.8. The summed E-state index contributed by atoms with van der Waals surface area (Å²) in [5.74, 6) is 0. The number of primary sulfonamides is 1. The number of anilines is 1. The van der Waals surface area contributed by atoms with Gasteiger partial charge in [-0.1, -0.05) is 0 Å². The lowest BCUT2D eigenvalue weighted by Crippen LogP contribution is -2.14. The van der Waals surface area contributed by atoms with Crippen LogP contribution in [-0.2, 0) is 10.0 Å². The number of nitrogens with two attached hydrogens (primary N) is 2. The molecule has 1 aromatic heterocycles. The van der Waals surface area contributed by atoms with Crippen LogP contribution < -0.4 is 10.9 Å². The van der Waals surface area contributed by atoms with Gasteiger partial charge in [0.15, 0.2) is 5.03 Å². The molecular formula is C6H9N3O2S. The number of hydrogen-bond acceptors (Lipinski definition) is 4. The summed E-state index contributed by atoms with van der Waals surface area (Å²) in [5.41, 5.74) is 6.53. The first kappa shape index (κ1) is 8.95. The number of sulfonamides is 1. The molecule has 12 heavy (non-hydrogen) atoms. The van der Waals surface area contributed by atoms with Crippen molar-refractivity contribution in [2.75, 3.05) is 5.73 Å². The Morgan fingerprint density at radius 2 is 2.08 bits per heavy atom. The van der Waals surface area contributed by atoms with Gasteiger partial charge < -0.3 is 5.73 Å². The average molecular weight is 187 g/mol. The fraction of sp³-hybridized carbons (Fsp3) is 0.167. The number of nitrogens with zero attached hydrogens (tertiary/aromatic N) is 1. The molecule has 0 aliphatic carbocycles. The molecule has 0 aliphatic heterocycles. The normalized spacial score (nSPS) is 11.5. The van der Waals surface area contributed by atoms with Crippen molar-refractivity contribution in [2.24, 2.45) is 5.14 Å². The second-order valence-electron chi connectivity index (χ2n) is 2.42. The van der Waals surface area contributed by atoms with E-state index < -0.39 is 10.0 Å². The highest BCUT2D eigenvalue weighted by molar-refractivity contribution is 7.89. The molecule has 0 saturated heterocycles. The molecule has 1 rings (SSSR count). The summed E-state index contributed by atoms with van der Waals surface area (Å²) in [5, 5.41) is 4.69. The maximum absolute atomic E-state index is 10.8. The summed E-state index contributed by atoms with van der Waals surface area (Å²) in [6.07, 6.45) is 1.27. The van der Waals surface area contributed by atoms with Crippen molar-refractivity contribution in [3.63, 3.8) is 0 Å². The van der Waals surface area contributed by atoms with Gasteiger partial charge in [-0.05, 0) is 18.6 Å². The summed E-state index contributed by atoms with van der Waals surface area (Å²) in [7, 11) is -3.71. The fourth-order valence-electron chi connectivity index (χ4n) is 0.696. The van der Waals surface area contributed by atoms with Crippen molar-refractivity contribution < 1.29 is 8.42 Å². The van der Waals surface area contributed by atoms with Crippen LogP contribution in [-0.4, -0.2) is 13.4 Å². The van der Waals surface area contributed by atoms with E-state index in [2.05, 4.69) is 4.98 Å². The Labute approximate surface area is 70.5 Å². The minimum atomic E-state index is -3.71. The van der Waals surface area contributed by atoms with Gasteiger partial charge in [0.25, 0.3) is 10.0 Å². The van der Waals surface area contributed by atoms with Crippen LogP contribution in [0.15, 0.2) is 17.3 Å². The van der Waals surface area contributed by atoms with Gasteiger partial charge in [-0.15, -0.1) is 0 Å². The van der Waals surface area contributed by atoms with Crippen LogP contribution in [0.4, 0.5) is 5.69 Å². The van der Waals surface area contributed by atoms with Crippen LogP contribution in [0.2, 0.25) is 0 Å². The minimum absolute atomic E-state index is 0.158. The van der Waals surface area contributed by atoms with Crippen molar-refractivity contribution in [3.8, 4) is 0 Å². The quantitative estimate of drug-likeness (QED) is 0.626. The molecule has 4 N–H and O–H groups in total. The molecule has 1 aromatic rings. The Morgan fingerprint density at radius 1 is 1.50 bits per heavy atom. The summed E-state index contributed by atoms with van der Waals surface area (Å²) in [4.78, 5) is 3.57. The van der Waals surface area contributed by atoms with Gasteiger partial charge in [0.2, 0.25) is 0 Å². The fourth-order valence-corrected chi connectivity index (χ4v) is 1.24. The van der Waals surface area contributed by atoms with Gasteiger partial charge in [0.1, 0.15) is 0 Å². The highest BCUT2D eigenvalue weighted by Gasteiger charge is 2.09. The maximum Gasteiger partial charge on any atom is 0.255 e. The van der Waals surface area contributed by atoms with Gasteiger partial charge in [0, 0.05) is 0 Å². The second-order valence-corrected chi connectivity index (χ2v) is 3.93. The van der Waals surface area contributed by atoms with Crippen LogP contribution in [0.25, 0.3) is 0 Å². The Kier molecular flexibility index (Phi) is 2.03. The largest absolute Gasteiger partial charge is 0.397 e. The number of rotatable bonds is 1. The number of nitrogen functional groups attached to an aromatic ring is 1. The van der Waals surface area contributed by atoms with Crippen LogP contribution in [0, 0.1) is 6.92 Å². The van der Waals surface area contributed by atoms with E-state index in [1.807, 2.05) is 0 Å². The second kappa shape index (κ2) is 2.72. The predicted molar refractivity (Wildman–Crippen MR) is 44.8 cm³/mol. The predicted octanol–water partition coefficient (Wildman–Crippen LogP) is -0.380. The molecule has 0 bridgehead atoms. The monoisotopic (exact) mass is 187 g/mol. The van der Waals surface area contributed by atoms with Crippen molar-refractivity contribution in [3.05, 3.63) is 17.8 Å². The first-order valence-corrected chi connectivity index (χ1v) is 4.71. The Hall–Kier alpha value is -1.14. The molecule has 6 heteroatoms. The molecule has 1 heterocycles. The van der Waals surface area contributed by atoms with E-state index in [1.54, 1.807) is 6.92 Å². The molecule has 0 radical (unpaired) electrons. The van der Waals surface area contributed by atoms with E-state index in [9.17, 15) is 8.42 Å². The zero-order valence-electron chi connectivity index (χ0n) is 6.48. The lowest BCUT2D eigenvalue weighted by Gasteiger charge is -2.00. The van der Waals surface area contributed by atoms with Gasteiger partial charge in [-0.25, -0.2) is 18.5 Å². The van der Waals surface area contributed by atoms with E-state index in [4.69, 9.17) is 10.9 Å². The SMILES string of the molecule is Cc1cc(S(N)(=O)=O)ncc1N. The smallest absolute Gasteiger partial charge is 0.255 e. The van der Waals surface area contributed by atoms with Gasteiger partial charge in [0.05, 0.1) is 11.9 Å². The van der Waals surface area contributed by atoms with Crippen molar-refractivity contribution in [2.45, 2.75) is 11.9 Å². The third kappa shape index (κ3) is 1.72. The van der Waals surface area contributed by atoms with Gasteiger partial charge in [-0.2, -0.15) is 0 Å². The van der Waals surface area contributed by atoms with E-state index >= 15 is 0 Å². The van der Waals surface area contributed by atoms with E-state index in [1.165, 1.54) is 12.3 Å². The van der Waals surface area contributed by atoms with Crippen molar-refractivity contribution >= 4 is 15.7 Å². The topological polar surface area (TPSA) is 99.1 Å². The summed E-state index contributed by atoms with van der Waals surface area (Å²) in [6, 6.07) is 1.34. The van der Waals surface area contributed by atoms with Crippen molar-refractivity contribution in [1.29, 1.82) is 0 Å². The molecule has 0 atom stereocenters. The molecule has 0 aromatic carbocycles. The zero-order chi connectivity index (χ0) is 9.35. The summed E-state index contributed by atoms with van der Waals surface area (Å²) >= 11 is 0. The molecule has 0 saturated carbocycles. The minimum Gasteiger partial charge on any atom is -0.397 e. The molecule has 66 valence electrons. The number of pyridine rings is 1. The van der Waals surface area contributed by atoms with Gasteiger partial charge in [-0.3, -0.25) is 0 Å². The first-order valence-electron chi connectivity index (χ1n) is 3.16. The average Bonchev–Trinajstić information content (AvgIpc) is 1.92. The highest BCUT2D eigenvalue weighted by Crippen LogP contribution is 2.11. The van der Waals surface area contributed by atoms with Crippen LogP contribution >= 0.6 is 0 Å². The molecule has 5 nitrogen and oxygen atoms in total. The Balaban J connectivity index is 3.33. The molecule has 0 spiro atoms. The Morgan fingerprint density at radius 3 is 2.50 bits per heavy atom. The summed E-state index contributed by atoms with van der Waals surface area (Å²) in [6.45, 7) is 1.69. The van der Waals surface area contributed by atoms with E-state index in [0.29, 0.717) is 11.3 Å². The lowest BCUT2D eigenvalue weighted by molar-refractivity contribution is 0.594. The number of aryl methyl sites for hydroxylation is 1. The zero-order valence-corrected chi connectivity index (χ0v) is 7.30. The number of hydrogen-bond donors (Lipinski definition) is 2. The van der Waals surface area contributed by atoms with Crippen LogP contribution in [0.5, 0.6) is 0 Å². The lowest BCUT2D eigenvalue weighted by atomic mass is 10.3. The van der Waals surface area contributed by atoms with Crippen molar-refractivity contribution in [1.82, 2.24) is 4.98 Å². The standard InChI is InChI=1S/C6H9N3O2S/c1-4-2-6(12(8,10)11)9-3-5(4)7/h2-3H,7H2,1H3,(H2,8,10,11). The molecular weight excluding hydrogens is 178 g/mol.